The third-order valence-corrected chi connectivity index (χ3v) is 4.51. The number of aromatic nitrogens is 1. The molecule has 0 aliphatic carbocycles. The molecule has 0 radical (unpaired) electrons. The van der Waals surface area contributed by atoms with Gasteiger partial charge in [-0.15, -0.1) is 0 Å². The number of benzene rings is 1. The van der Waals surface area contributed by atoms with Gasteiger partial charge in [-0.05, 0) is 37.3 Å². The van der Waals surface area contributed by atoms with Gasteiger partial charge in [-0.3, -0.25) is 0 Å². The van der Waals surface area contributed by atoms with Crippen molar-refractivity contribution in [2.45, 2.75) is 19.5 Å². The van der Waals surface area contributed by atoms with Gasteiger partial charge in [0, 0.05) is 30.7 Å². The number of nitrogens with zero attached hydrogens (tertiary/aromatic N) is 2. The van der Waals surface area contributed by atoms with E-state index in [0.29, 0.717) is 22.3 Å². The molecule has 0 spiro atoms. The summed E-state index contributed by atoms with van der Waals surface area (Å²) in [5.74, 6) is 0. The standard InChI is InChI=1S/C15H15Cl2N3O/c1-10-14-3-2-6-19(14)7-8-20(10)15(21)18-11-4-5-12(16)13(17)9-11/h2-6,9-10H,7-8H2,1H3,(H,18,21)/t10-/m0/s1. The van der Waals surface area contributed by atoms with E-state index in [-0.39, 0.29) is 12.1 Å². The lowest BCUT2D eigenvalue weighted by Crippen LogP contribution is -2.42. The van der Waals surface area contributed by atoms with E-state index in [1.54, 1.807) is 18.2 Å². The first-order chi connectivity index (χ1) is 10.1. The molecule has 1 aliphatic rings. The lowest BCUT2D eigenvalue weighted by atomic mass is 10.1. The fourth-order valence-corrected chi connectivity index (χ4v) is 2.92. The molecule has 1 aliphatic heterocycles. The van der Waals surface area contributed by atoms with Crippen LogP contribution in [0.15, 0.2) is 36.5 Å². The number of halogens is 2. The number of nitrogens with one attached hydrogen (secondary N) is 1. The summed E-state index contributed by atoms with van der Waals surface area (Å²) in [6.07, 6.45) is 2.04. The van der Waals surface area contributed by atoms with Crippen LogP contribution in [0.3, 0.4) is 0 Å². The van der Waals surface area contributed by atoms with E-state index in [2.05, 4.69) is 9.88 Å². The van der Waals surface area contributed by atoms with Crippen LogP contribution in [0, 0.1) is 0 Å². The molecule has 1 N–H and O–H groups in total. The van der Waals surface area contributed by atoms with Gasteiger partial charge >= 0.3 is 6.03 Å². The second-order valence-electron chi connectivity index (χ2n) is 5.05. The Labute approximate surface area is 133 Å². The maximum absolute atomic E-state index is 12.4. The Morgan fingerprint density at radius 1 is 1.24 bits per heavy atom. The predicted molar refractivity (Wildman–Crippen MR) is 85.0 cm³/mol. The molecule has 2 heterocycles. The van der Waals surface area contributed by atoms with Gasteiger partial charge in [-0.1, -0.05) is 23.2 Å². The summed E-state index contributed by atoms with van der Waals surface area (Å²) in [7, 11) is 0. The number of amides is 2. The highest BCUT2D eigenvalue weighted by atomic mass is 35.5. The van der Waals surface area contributed by atoms with E-state index >= 15 is 0 Å². The van der Waals surface area contributed by atoms with Gasteiger partial charge in [0.25, 0.3) is 0 Å². The van der Waals surface area contributed by atoms with Crippen molar-refractivity contribution in [2.24, 2.45) is 0 Å². The molecule has 0 unspecified atom stereocenters. The normalized spacial score (nSPS) is 17.5. The molecule has 4 nitrogen and oxygen atoms in total. The van der Waals surface area contributed by atoms with Gasteiger partial charge in [0.05, 0.1) is 16.1 Å². The van der Waals surface area contributed by atoms with Crippen molar-refractivity contribution < 1.29 is 4.79 Å². The van der Waals surface area contributed by atoms with Gasteiger partial charge in [-0.2, -0.15) is 0 Å². The molecular weight excluding hydrogens is 309 g/mol. The van der Waals surface area contributed by atoms with E-state index in [9.17, 15) is 4.79 Å². The van der Waals surface area contributed by atoms with Crippen molar-refractivity contribution in [3.05, 3.63) is 52.3 Å². The fourth-order valence-electron chi connectivity index (χ4n) is 2.63. The number of hydrogen-bond donors (Lipinski definition) is 1. The number of carbonyl (C=O) groups excluding carboxylic acids is 1. The lowest BCUT2D eigenvalue weighted by molar-refractivity contribution is 0.175. The first-order valence-corrected chi connectivity index (χ1v) is 7.49. The van der Waals surface area contributed by atoms with Crippen LogP contribution in [0.5, 0.6) is 0 Å². The van der Waals surface area contributed by atoms with Crippen LogP contribution >= 0.6 is 23.2 Å². The van der Waals surface area contributed by atoms with Crippen molar-refractivity contribution >= 4 is 34.9 Å². The third-order valence-electron chi connectivity index (χ3n) is 3.77. The second kappa shape index (κ2) is 5.62. The van der Waals surface area contributed by atoms with Crippen LogP contribution in [0.4, 0.5) is 10.5 Å². The zero-order valence-corrected chi connectivity index (χ0v) is 13.0. The zero-order valence-electron chi connectivity index (χ0n) is 11.5. The van der Waals surface area contributed by atoms with Crippen LogP contribution in [0.25, 0.3) is 0 Å². The molecule has 0 saturated heterocycles. The SMILES string of the molecule is C[C@H]1c2cccn2CCN1C(=O)Nc1ccc(Cl)c(Cl)c1. The Balaban J connectivity index is 1.75. The first-order valence-electron chi connectivity index (χ1n) is 6.74. The molecule has 21 heavy (non-hydrogen) atoms. The van der Waals surface area contributed by atoms with E-state index < -0.39 is 0 Å². The van der Waals surface area contributed by atoms with Crippen molar-refractivity contribution in [3.63, 3.8) is 0 Å². The first kappa shape index (κ1) is 14.3. The number of hydrogen-bond acceptors (Lipinski definition) is 1. The number of anilines is 1. The second-order valence-corrected chi connectivity index (χ2v) is 5.87. The van der Waals surface area contributed by atoms with Crippen molar-refractivity contribution in [3.8, 4) is 0 Å². The summed E-state index contributed by atoms with van der Waals surface area (Å²) in [6, 6.07) is 9.02. The highest BCUT2D eigenvalue weighted by Crippen LogP contribution is 2.28. The molecule has 0 saturated carbocycles. The van der Waals surface area contributed by atoms with Crippen molar-refractivity contribution in [1.82, 2.24) is 9.47 Å². The maximum Gasteiger partial charge on any atom is 0.322 e. The Morgan fingerprint density at radius 2 is 2.05 bits per heavy atom. The summed E-state index contributed by atoms with van der Waals surface area (Å²) in [4.78, 5) is 14.3. The number of carbonyl (C=O) groups is 1. The highest BCUT2D eigenvalue weighted by molar-refractivity contribution is 6.42. The Kier molecular flexibility index (Phi) is 3.83. The smallest absolute Gasteiger partial charge is 0.322 e. The van der Waals surface area contributed by atoms with E-state index in [0.717, 1.165) is 12.2 Å². The third kappa shape index (κ3) is 2.74. The molecule has 0 bridgehead atoms. The monoisotopic (exact) mass is 323 g/mol. The van der Waals surface area contributed by atoms with Gasteiger partial charge in [0.15, 0.2) is 0 Å². The molecule has 1 aromatic carbocycles. The van der Waals surface area contributed by atoms with Gasteiger partial charge < -0.3 is 14.8 Å². The topological polar surface area (TPSA) is 37.3 Å². The molecular formula is C15H15Cl2N3O. The summed E-state index contributed by atoms with van der Waals surface area (Å²) >= 11 is 11.8. The zero-order chi connectivity index (χ0) is 15.0. The average Bonchev–Trinajstić information content (AvgIpc) is 2.92. The van der Waals surface area contributed by atoms with Crippen LogP contribution in [-0.2, 0) is 6.54 Å². The van der Waals surface area contributed by atoms with Gasteiger partial charge in [0.2, 0.25) is 0 Å². The summed E-state index contributed by atoms with van der Waals surface area (Å²) < 4.78 is 2.17. The predicted octanol–water partition coefficient (Wildman–Crippen LogP) is 4.40. The Bertz CT molecular complexity index is 683. The van der Waals surface area contributed by atoms with Crippen molar-refractivity contribution in [1.29, 1.82) is 0 Å². The summed E-state index contributed by atoms with van der Waals surface area (Å²) in [6.45, 7) is 3.51. The Hall–Kier alpha value is -1.65. The van der Waals surface area contributed by atoms with Crippen LogP contribution in [0.2, 0.25) is 10.0 Å². The van der Waals surface area contributed by atoms with E-state index in [4.69, 9.17) is 23.2 Å². The average molecular weight is 324 g/mol. The lowest BCUT2D eigenvalue weighted by Gasteiger charge is -2.34. The number of urea groups is 1. The van der Waals surface area contributed by atoms with Crippen molar-refractivity contribution in [2.75, 3.05) is 11.9 Å². The quantitative estimate of drug-likeness (QED) is 0.829. The largest absolute Gasteiger partial charge is 0.348 e. The molecule has 2 aromatic rings. The van der Waals surface area contributed by atoms with E-state index in [1.165, 1.54) is 0 Å². The van der Waals surface area contributed by atoms with Gasteiger partial charge in [0.1, 0.15) is 0 Å². The minimum atomic E-state index is -0.131. The molecule has 3 rings (SSSR count). The fraction of sp³-hybridized carbons (Fsp3) is 0.267. The van der Waals surface area contributed by atoms with E-state index in [1.807, 2.05) is 30.2 Å². The maximum atomic E-state index is 12.4. The van der Waals surface area contributed by atoms with Gasteiger partial charge in [-0.25, -0.2) is 4.79 Å². The molecule has 0 fully saturated rings. The van der Waals surface area contributed by atoms with Crippen LogP contribution in [0.1, 0.15) is 18.7 Å². The molecule has 6 heteroatoms. The minimum absolute atomic E-state index is 0.0384. The summed E-state index contributed by atoms with van der Waals surface area (Å²) in [5, 5.41) is 3.76. The molecule has 2 amide bonds. The molecule has 1 aromatic heterocycles. The van der Waals surface area contributed by atoms with Crippen LogP contribution in [-0.4, -0.2) is 22.0 Å². The molecule has 1 atom stereocenters. The Morgan fingerprint density at radius 3 is 2.81 bits per heavy atom. The van der Waals surface area contributed by atoms with Crippen LogP contribution < -0.4 is 5.32 Å². The summed E-state index contributed by atoms with van der Waals surface area (Å²) in [5.41, 5.74) is 1.79. The molecule has 110 valence electrons. The highest BCUT2D eigenvalue weighted by Gasteiger charge is 2.27. The number of rotatable bonds is 1. The number of fused-ring (bicyclic) bond motifs is 1. The minimum Gasteiger partial charge on any atom is -0.348 e.